The van der Waals surface area contributed by atoms with Gasteiger partial charge in [0.15, 0.2) is 0 Å². The summed E-state index contributed by atoms with van der Waals surface area (Å²) in [6.45, 7) is 8.07. The van der Waals surface area contributed by atoms with Crippen molar-refractivity contribution < 1.29 is 9.47 Å². The van der Waals surface area contributed by atoms with E-state index in [9.17, 15) is 0 Å². The van der Waals surface area contributed by atoms with Gasteiger partial charge in [0.1, 0.15) is 15.6 Å². The maximum atomic E-state index is 5.68. The van der Waals surface area contributed by atoms with Crippen LogP contribution in [0.25, 0.3) is 0 Å². The molecule has 1 rings (SSSR count). The SMILES string of the molecule is Cc1c(OC(C)C)cccc1OC(C)I. The highest BCUT2D eigenvalue weighted by Gasteiger charge is 2.08. The van der Waals surface area contributed by atoms with Gasteiger partial charge in [-0.2, -0.15) is 0 Å². The molecule has 1 aromatic rings. The van der Waals surface area contributed by atoms with Crippen LogP contribution in [-0.2, 0) is 0 Å². The Hall–Kier alpha value is -0.450. The minimum Gasteiger partial charge on any atom is -0.491 e. The van der Waals surface area contributed by atoms with E-state index in [2.05, 4.69) is 22.6 Å². The summed E-state index contributed by atoms with van der Waals surface area (Å²) in [4.78, 5) is 0. The van der Waals surface area contributed by atoms with Crippen LogP contribution in [0.1, 0.15) is 26.3 Å². The number of alkyl halides is 1. The number of ether oxygens (including phenoxy) is 2. The Labute approximate surface area is 105 Å². The minimum atomic E-state index is 0.163. The first-order valence-corrected chi connectivity index (χ1v) is 6.32. The van der Waals surface area contributed by atoms with Gasteiger partial charge in [0, 0.05) is 5.56 Å². The molecular weight excluding hydrogens is 303 g/mol. The summed E-state index contributed by atoms with van der Waals surface area (Å²) in [5, 5.41) is 0. The van der Waals surface area contributed by atoms with Gasteiger partial charge in [0.2, 0.25) is 0 Å². The second-order valence-electron chi connectivity index (χ2n) is 3.71. The van der Waals surface area contributed by atoms with E-state index < -0.39 is 0 Å². The van der Waals surface area contributed by atoms with Crippen LogP contribution >= 0.6 is 22.6 Å². The van der Waals surface area contributed by atoms with Crippen LogP contribution in [0.4, 0.5) is 0 Å². The van der Waals surface area contributed by atoms with E-state index in [0.717, 1.165) is 17.1 Å². The molecule has 0 fully saturated rings. The fourth-order valence-electron chi connectivity index (χ4n) is 1.28. The number of halogens is 1. The topological polar surface area (TPSA) is 18.5 Å². The maximum absolute atomic E-state index is 5.68. The van der Waals surface area contributed by atoms with Crippen molar-refractivity contribution in [1.82, 2.24) is 0 Å². The summed E-state index contributed by atoms with van der Waals surface area (Å²) in [6, 6.07) is 5.90. The number of hydrogen-bond acceptors (Lipinski definition) is 2. The lowest BCUT2D eigenvalue weighted by Gasteiger charge is -2.16. The third-order valence-electron chi connectivity index (χ3n) is 1.89. The fourth-order valence-corrected chi connectivity index (χ4v) is 1.55. The van der Waals surface area contributed by atoms with Crippen LogP contribution in [-0.4, -0.2) is 10.2 Å². The van der Waals surface area contributed by atoms with Gasteiger partial charge < -0.3 is 9.47 Å². The Bertz CT molecular complexity index is 293. The normalized spacial score (nSPS) is 12.7. The van der Waals surface area contributed by atoms with Gasteiger partial charge in [0.25, 0.3) is 0 Å². The maximum Gasteiger partial charge on any atom is 0.146 e. The zero-order valence-corrected chi connectivity index (χ0v) is 11.7. The Morgan fingerprint density at radius 1 is 1.07 bits per heavy atom. The quantitative estimate of drug-likeness (QED) is 0.618. The van der Waals surface area contributed by atoms with Crippen LogP contribution in [0.5, 0.6) is 11.5 Å². The Kier molecular flexibility index (Phi) is 4.70. The molecule has 1 unspecified atom stereocenters. The molecule has 0 spiro atoms. The molecule has 0 radical (unpaired) electrons. The van der Waals surface area contributed by atoms with E-state index in [4.69, 9.17) is 9.47 Å². The molecule has 0 aliphatic carbocycles. The van der Waals surface area contributed by atoms with Crippen LogP contribution < -0.4 is 9.47 Å². The third-order valence-corrected chi connectivity index (χ3v) is 2.14. The first kappa shape index (κ1) is 12.6. The minimum absolute atomic E-state index is 0.163. The molecule has 15 heavy (non-hydrogen) atoms. The van der Waals surface area contributed by atoms with Gasteiger partial charge in [0.05, 0.1) is 6.10 Å². The summed E-state index contributed by atoms with van der Waals surface area (Å²) in [5.41, 5.74) is 1.06. The number of rotatable bonds is 4. The highest BCUT2D eigenvalue weighted by molar-refractivity contribution is 14.1. The van der Waals surface area contributed by atoms with Gasteiger partial charge in [-0.1, -0.05) is 6.07 Å². The Morgan fingerprint density at radius 2 is 1.60 bits per heavy atom. The monoisotopic (exact) mass is 320 g/mol. The molecule has 0 aliphatic heterocycles. The molecule has 0 heterocycles. The second-order valence-corrected chi connectivity index (χ2v) is 5.46. The first-order chi connectivity index (χ1) is 7.00. The zero-order chi connectivity index (χ0) is 11.4. The molecule has 0 amide bonds. The molecular formula is C12H17IO2. The molecule has 2 nitrogen and oxygen atoms in total. The molecule has 0 bridgehead atoms. The molecule has 3 heteroatoms. The summed E-state index contributed by atoms with van der Waals surface area (Å²) < 4.78 is 11.5. The average Bonchev–Trinajstić information content (AvgIpc) is 2.10. The molecule has 0 N–H and O–H groups in total. The van der Waals surface area contributed by atoms with Crippen LogP contribution in [0.2, 0.25) is 0 Å². The predicted octanol–water partition coefficient (Wildman–Crippen LogP) is 3.94. The van der Waals surface area contributed by atoms with Crippen molar-refractivity contribution in [3.05, 3.63) is 23.8 Å². The van der Waals surface area contributed by atoms with Gasteiger partial charge >= 0.3 is 0 Å². The van der Waals surface area contributed by atoms with E-state index in [1.54, 1.807) is 0 Å². The van der Waals surface area contributed by atoms with Crippen molar-refractivity contribution in [2.24, 2.45) is 0 Å². The third kappa shape index (κ3) is 3.89. The molecule has 0 saturated heterocycles. The van der Waals surface area contributed by atoms with E-state index in [-0.39, 0.29) is 10.2 Å². The van der Waals surface area contributed by atoms with Crippen molar-refractivity contribution in [1.29, 1.82) is 0 Å². The van der Waals surface area contributed by atoms with Crippen molar-refractivity contribution >= 4 is 22.6 Å². The highest BCUT2D eigenvalue weighted by atomic mass is 127. The largest absolute Gasteiger partial charge is 0.491 e. The second kappa shape index (κ2) is 5.58. The average molecular weight is 320 g/mol. The van der Waals surface area contributed by atoms with E-state index in [1.807, 2.05) is 45.9 Å². The lowest BCUT2D eigenvalue weighted by molar-refractivity contribution is 0.238. The van der Waals surface area contributed by atoms with E-state index in [0.29, 0.717) is 0 Å². The van der Waals surface area contributed by atoms with Gasteiger partial charge in [-0.15, -0.1) is 0 Å². The zero-order valence-electron chi connectivity index (χ0n) is 9.58. The van der Waals surface area contributed by atoms with Crippen LogP contribution in [0.3, 0.4) is 0 Å². The smallest absolute Gasteiger partial charge is 0.146 e. The lowest BCUT2D eigenvalue weighted by atomic mass is 10.2. The van der Waals surface area contributed by atoms with Crippen molar-refractivity contribution in [3.8, 4) is 11.5 Å². The van der Waals surface area contributed by atoms with Gasteiger partial charge in [-0.25, -0.2) is 0 Å². The molecule has 0 aliphatic rings. The molecule has 1 aromatic carbocycles. The highest BCUT2D eigenvalue weighted by Crippen LogP contribution is 2.29. The molecule has 84 valence electrons. The number of benzene rings is 1. The van der Waals surface area contributed by atoms with Crippen molar-refractivity contribution in [3.63, 3.8) is 0 Å². The lowest BCUT2D eigenvalue weighted by Crippen LogP contribution is -2.08. The first-order valence-electron chi connectivity index (χ1n) is 5.07. The standard InChI is InChI=1S/C12H17IO2/c1-8(2)14-11-6-5-7-12(9(11)3)15-10(4)13/h5-8,10H,1-4H3. The molecule has 0 aromatic heterocycles. The van der Waals surface area contributed by atoms with Gasteiger partial charge in [-0.05, 0) is 62.4 Å². The predicted molar refractivity (Wildman–Crippen MR) is 71.1 cm³/mol. The van der Waals surface area contributed by atoms with Gasteiger partial charge in [-0.3, -0.25) is 0 Å². The summed E-state index contributed by atoms with van der Waals surface area (Å²) in [6.07, 6.45) is 0.191. The van der Waals surface area contributed by atoms with Crippen LogP contribution in [0, 0.1) is 6.92 Å². The Balaban J connectivity index is 2.90. The van der Waals surface area contributed by atoms with Crippen molar-refractivity contribution in [2.75, 3.05) is 0 Å². The summed E-state index contributed by atoms with van der Waals surface area (Å²) in [7, 11) is 0. The summed E-state index contributed by atoms with van der Waals surface area (Å²) in [5.74, 6) is 1.80. The Morgan fingerprint density at radius 3 is 2.07 bits per heavy atom. The molecule has 0 saturated carbocycles. The fraction of sp³-hybridized carbons (Fsp3) is 0.500. The number of hydrogen-bond donors (Lipinski definition) is 0. The molecule has 1 atom stereocenters. The van der Waals surface area contributed by atoms with Crippen molar-refractivity contribution in [2.45, 2.75) is 37.9 Å². The summed E-state index contributed by atoms with van der Waals surface area (Å²) >= 11 is 2.24. The van der Waals surface area contributed by atoms with Crippen LogP contribution in [0.15, 0.2) is 18.2 Å². The van der Waals surface area contributed by atoms with E-state index in [1.165, 1.54) is 0 Å². The van der Waals surface area contributed by atoms with E-state index >= 15 is 0 Å².